The molecule has 0 fully saturated rings. The average molecular weight is 359 g/mol. The van der Waals surface area contributed by atoms with Gasteiger partial charge in [-0.1, -0.05) is 6.07 Å². The van der Waals surface area contributed by atoms with Gasteiger partial charge < -0.3 is 5.32 Å². The van der Waals surface area contributed by atoms with Crippen molar-refractivity contribution in [3.05, 3.63) is 56.7 Å². The number of nitrogens with one attached hydrogen (secondary N) is 1. The Morgan fingerprint density at radius 1 is 0.889 bits per heavy atom. The van der Waals surface area contributed by atoms with Crippen molar-refractivity contribution in [2.24, 2.45) is 0 Å². The van der Waals surface area contributed by atoms with Crippen molar-refractivity contribution in [1.82, 2.24) is 0 Å². The van der Waals surface area contributed by atoms with Crippen LogP contribution in [0.1, 0.15) is 11.1 Å². The number of anilines is 2. The fourth-order valence-electron chi connectivity index (χ4n) is 1.65. The van der Waals surface area contributed by atoms with Crippen molar-refractivity contribution in [2.45, 2.75) is 13.8 Å². The Morgan fingerprint density at radius 3 is 2.22 bits per heavy atom. The second-order valence-electron chi connectivity index (χ2n) is 4.14. The number of hydrogen-bond donors (Lipinski definition) is 1. The molecule has 0 radical (unpaired) electrons. The zero-order valence-corrected chi connectivity index (χ0v) is 12.2. The van der Waals surface area contributed by atoms with Crippen molar-refractivity contribution < 1.29 is 8.78 Å². The number of aryl methyl sites for hydroxylation is 2. The molecule has 4 heteroatoms. The highest BCUT2D eigenvalue weighted by atomic mass is 127. The van der Waals surface area contributed by atoms with E-state index in [1.165, 1.54) is 0 Å². The molecule has 0 atom stereocenters. The molecular formula is C14H12F2IN. The molecule has 0 amide bonds. The first kappa shape index (κ1) is 13.3. The second-order valence-corrected chi connectivity index (χ2v) is 5.39. The summed E-state index contributed by atoms with van der Waals surface area (Å²) < 4.78 is 28.3. The molecule has 94 valence electrons. The predicted molar refractivity (Wildman–Crippen MR) is 78.3 cm³/mol. The monoisotopic (exact) mass is 359 g/mol. The first-order valence-electron chi connectivity index (χ1n) is 5.47. The molecule has 0 aliphatic carbocycles. The Hall–Kier alpha value is -1.17. The largest absolute Gasteiger partial charge is 0.353 e. The van der Waals surface area contributed by atoms with E-state index in [-0.39, 0.29) is 5.69 Å². The third-order valence-corrected chi connectivity index (χ3v) is 3.40. The minimum atomic E-state index is -0.840. The van der Waals surface area contributed by atoms with Gasteiger partial charge in [-0.15, -0.1) is 0 Å². The molecular weight excluding hydrogens is 347 g/mol. The van der Waals surface area contributed by atoms with Gasteiger partial charge in [0, 0.05) is 9.26 Å². The molecule has 1 nitrogen and oxygen atoms in total. The summed E-state index contributed by atoms with van der Waals surface area (Å²) in [6, 6.07) is 8.85. The lowest BCUT2D eigenvalue weighted by Crippen LogP contribution is -1.99. The molecule has 1 N–H and O–H groups in total. The lowest BCUT2D eigenvalue weighted by Gasteiger charge is -2.11. The van der Waals surface area contributed by atoms with Gasteiger partial charge in [-0.25, -0.2) is 8.78 Å². The highest BCUT2D eigenvalue weighted by molar-refractivity contribution is 14.1. The zero-order chi connectivity index (χ0) is 13.3. The molecule has 0 aliphatic rings. The molecule has 2 rings (SSSR count). The maximum atomic E-state index is 13.7. The lowest BCUT2D eigenvalue weighted by molar-refractivity contribution is 0.506. The van der Waals surface area contributed by atoms with Gasteiger partial charge in [0.1, 0.15) is 0 Å². The summed E-state index contributed by atoms with van der Waals surface area (Å²) in [6.07, 6.45) is 0. The Labute approximate surface area is 118 Å². The maximum Gasteiger partial charge on any atom is 0.182 e. The van der Waals surface area contributed by atoms with Crippen LogP contribution in [0.25, 0.3) is 0 Å². The summed E-state index contributed by atoms with van der Waals surface area (Å²) in [4.78, 5) is 0. The van der Waals surface area contributed by atoms with Crippen LogP contribution in [0, 0.1) is 29.1 Å². The van der Waals surface area contributed by atoms with Crippen molar-refractivity contribution >= 4 is 34.0 Å². The summed E-state index contributed by atoms with van der Waals surface area (Å²) in [6.45, 7) is 3.46. The van der Waals surface area contributed by atoms with Gasteiger partial charge in [0.2, 0.25) is 0 Å². The van der Waals surface area contributed by atoms with E-state index < -0.39 is 11.6 Å². The number of benzene rings is 2. The molecule has 2 aromatic carbocycles. The summed E-state index contributed by atoms with van der Waals surface area (Å²) in [5.41, 5.74) is 2.22. The van der Waals surface area contributed by atoms with E-state index in [9.17, 15) is 8.78 Å². The highest BCUT2D eigenvalue weighted by Crippen LogP contribution is 2.26. The van der Waals surface area contributed by atoms with E-state index in [2.05, 4.69) is 27.9 Å². The van der Waals surface area contributed by atoms with Gasteiger partial charge in [0.05, 0.1) is 5.69 Å². The second kappa shape index (κ2) is 5.22. The standard InChI is InChI=1S/C14H12F2IN/c1-8-3-5-12(14(16)13(8)15)18-11-6-4-10(17)7-9(11)2/h3-7,18H,1-2H3. The van der Waals surface area contributed by atoms with Crippen molar-refractivity contribution in [3.63, 3.8) is 0 Å². The molecule has 0 heterocycles. The molecule has 0 unspecified atom stereocenters. The molecule has 0 bridgehead atoms. The Morgan fingerprint density at radius 2 is 1.56 bits per heavy atom. The summed E-state index contributed by atoms with van der Waals surface area (Å²) in [7, 11) is 0. The fourth-order valence-corrected chi connectivity index (χ4v) is 2.30. The van der Waals surface area contributed by atoms with E-state index >= 15 is 0 Å². The Bertz CT molecular complexity index is 597. The predicted octanol–water partition coefficient (Wildman–Crippen LogP) is 4.93. The molecule has 0 aromatic heterocycles. The molecule has 0 aliphatic heterocycles. The average Bonchev–Trinajstić information content (AvgIpc) is 2.33. The van der Waals surface area contributed by atoms with E-state index in [0.29, 0.717) is 5.56 Å². The van der Waals surface area contributed by atoms with Crippen LogP contribution in [-0.4, -0.2) is 0 Å². The van der Waals surface area contributed by atoms with Crippen LogP contribution in [0.4, 0.5) is 20.2 Å². The summed E-state index contributed by atoms with van der Waals surface area (Å²) in [5.74, 6) is -1.64. The van der Waals surface area contributed by atoms with Crippen molar-refractivity contribution in [2.75, 3.05) is 5.32 Å². The number of rotatable bonds is 2. The van der Waals surface area contributed by atoms with Crippen LogP contribution in [0.15, 0.2) is 30.3 Å². The van der Waals surface area contributed by atoms with Crippen molar-refractivity contribution in [1.29, 1.82) is 0 Å². The van der Waals surface area contributed by atoms with Crippen molar-refractivity contribution in [3.8, 4) is 0 Å². The van der Waals surface area contributed by atoms with Crippen LogP contribution in [0.3, 0.4) is 0 Å². The quantitative estimate of drug-likeness (QED) is 0.750. The van der Waals surface area contributed by atoms with Gasteiger partial charge in [-0.2, -0.15) is 0 Å². The molecule has 2 aromatic rings. The van der Waals surface area contributed by atoms with E-state index in [1.807, 2.05) is 25.1 Å². The van der Waals surface area contributed by atoms with Crippen LogP contribution >= 0.6 is 22.6 Å². The normalized spacial score (nSPS) is 10.5. The molecule has 18 heavy (non-hydrogen) atoms. The molecule has 0 saturated heterocycles. The minimum Gasteiger partial charge on any atom is -0.353 e. The fraction of sp³-hybridized carbons (Fsp3) is 0.143. The van der Waals surface area contributed by atoms with Gasteiger partial charge in [-0.05, 0) is 71.8 Å². The SMILES string of the molecule is Cc1cc(I)ccc1Nc1ccc(C)c(F)c1F. The first-order chi connectivity index (χ1) is 8.49. The smallest absolute Gasteiger partial charge is 0.182 e. The number of hydrogen-bond acceptors (Lipinski definition) is 1. The number of halogens is 3. The highest BCUT2D eigenvalue weighted by Gasteiger charge is 2.11. The summed E-state index contributed by atoms with van der Waals surface area (Å²) >= 11 is 2.21. The third-order valence-electron chi connectivity index (χ3n) is 2.73. The third kappa shape index (κ3) is 2.63. The van der Waals surface area contributed by atoms with Gasteiger partial charge in [0.15, 0.2) is 11.6 Å². The van der Waals surface area contributed by atoms with Gasteiger partial charge in [0.25, 0.3) is 0 Å². The Balaban J connectivity index is 2.37. The van der Waals surface area contributed by atoms with Crippen LogP contribution in [0.2, 0.25) is 0 Å². The van der Waals surface area contributed by atoms with Gasteiger partial charge >= 0.3 is 0 Å². The van der Waals surface area contributed by atoms with Crippen LogP contribution in [0.5, 0.6) is 0 Å². The topological polar surface area (TPSA) is 12.0 Å². The lowest BCUT2D eigenvalue weighted by atomic mass is 10.1. The summed E-state index contributed by atoms with van der Waals surface area (Å²) in [5, 5.41) is 2.92. The van der Waals surface area contributed by atoms with Gasteiger partial charge in [-0.3, -0.25) is 0 Å². The van der Waals surface area contributed by atoms with Crippen LogP contribution in [-0.2, 0) is 0 Å². The molecule has 0 spiro atoms. The van der Waals surface area contributed by atoms with E-state index in [0.717, 1.165) is 14.8 Å². The van der Waals surface area contributed by atoms with Crippen LogP contribution < -0.4 is 5.32 Å². The Kier molecular flexibility index (Phi) is 3.85. The van der Waals surface area contributed by atoms with E-state index in [4.69, 9.17) is 0 Å². The maximum absolute atomic E-state index is 13.7. The first-order valence-corrected chi connectivity index (χ1v) is 6.54. The van der Waals surface area contributed by atoms with E-state index in [1.54, 1.807) is 19.1 Å². The zero-order valence-electron chi connectivity index (χ0n) is 10.0. The molecule has 0 saturated carbocycles. The minimum absolute atomic E-state index is 0.155.